The minimum absolute atomic E-state index is 0. The minimum atomic E-state index is 0. The summed E-state index contributed by atoms with van der Waals surface area (Å²) in [5, 5.41) is 0. The molecule has 0 N–H and O–H groups in total. The lowest BCUT2D eigenvalue weighted by atomic mass is 9.75. The van der Waals surface area contributed by atoms with E-state index in [9.17, 15) is 0 Å². The third-order valence-corrected chi connectivity index (χ3v) is 3.34. The Morgan fingerprint density at radius 1 is 0.667 bits per heavy atom. The first-order chi connectivity index (χ1) is 9.64. The Morgan fingerprint density at radius 2 is 0.917 bits per heavy atom. The fourth-order valence-electron chi connectivity index (χ4n) is 2.62. The molecule has 0 aliphatic heterocycles. The maximum absolute atomic E-state index is 2.37. The van der Waals surface area contributed by atoms with Gasteiger partial charge in [-0.2, -0.15) is 0 Å². The zero-order chi connectivity index (χ0) is 17.9. The van der Waals surface area contributed by atoms with Crippen LogP contribution in [0.2, 0.25) is 0 Å². The highest BCUT2D eigenvalue weighted by atomic mass is 14.3. The van der Waals surface area contributed by atoms with Crippen LogP contribution >= 0.6 is 0 Å². The van der Waals surface area contributed by atoms with E-state index in [1.165, 1.54) is 16.7 Å². The molecule has 24 heavy (non-hydrogen) atoms. The standard InChI is InChI=1S/C17H28.C5H12.2CH4/c1-11(2)14-9-13(5)10-15(12(3)4)16(14)17(6,7)8;1-5(2,3)4;;/h9-12H,1-8H3;1-4H3;2*1H4. The van der Waals surface area contributed by atoms with Gasteiger partial charge in [0.2, 0.25) is 0 Å². The Labute approximate surface area is 155 Å². The average molecular weight is 337 g/mol. The van der Waals surface area contributed by atoms with E-state index in [4.69, 9.17) is 0 Å². The molecule has 1 aromatic carbocycles. The molecule has 0 aliphatic rings. The van der Waals surface area contributed by atoms with Crippen molar-refractivity contribution >= 4 is 0 Å². The van der Waals surface area contributed by atoms with Crippen molar-refractivity contribution in [1.29, 1.82) is 0 Å². The third-order valence-electron chi connectivity index (χ3n) is 3.34. The van der Waals surface area contributed by atoms with Crippen molar-refractivity contribution in [2.75, 3.05) is 0 Å². The van der Waals surface area contributed by atoms with Crippen LogP contribution in [0.1, 0.15) is 125 Å². The molecule has 1 rings (SSSR count). The van der Waals surface area contributed by atoms with Crippen LogP contribution in [0.5, 0.6) is 0 Å². The van der Waals surface area contributed by atoms with Gasteiger partial charge in [0.1, 0.15) is 0 Å². The van der Waals surface area contributed by atoms with Gasteiger partial charge in [-0.25, -0.2) is 0 Å². The Bertz CT molecular complexity index is 427. The third kappa shape index (κ3) is 10.2. The molecule has 0 unspecified atom stereocenters. The second-order valence-electron chi connectivity index (χ2n) is 9.88. The molecule has 0 nitrogen and oxygen atoms in total. The summed E-state index contributed by atoms with van der Waals surface area (Å²) >= 11 is 0. The zero-order valence-corrected chi connectivity index (χ0v) is 17.3. The van der Waals surface area contributed by atoms with Gasteiger partial charge in [-0.3, -0.25) is 0 Å². The Hall–Kier alpha value is -0.780. The predicted molar refractivity (Wildman–Crippen MR) is 117 cm³/mol. The molecule has 0 heteroatoms. The van der Waals surface area contributed by atoms with E-state index in [1.807, 2.05) is 0 Å². The highest BCUT2D eigenvalue weighted by Crippen LogP contribution is 2.37. The molecule has 0 aromatic heterocycles. The topological polar surface area (TPSA) is 0 Å². The first kappa shape index (κ1) is 28.0. The number of benzene rings is 1. The Balaban J connectivity index is -0.000000554. The minimum Gasteiger partial charge on any atom is -0.0776 e. The molecule has 0 radical (unpaired) electrons. The van der Waals surface area contributed by atoms with Gasteiger partial charge >= 0.3 is 0 Å². The van der Waals surface area contributed by atoms with E-state index in [2.05, 4.69) is 95.2 Å². The molecular formula is C24H48. The molecule has 0 atom stereocenters. The molecule has 0 aliphatic carbocycles. The van der Waals surface area contributed by atoms with Gasteiger partial charge in [0, 0.05) is 0 Å². The summed E-state index contributed by atoms with van der Waals surface area (Å²) in [6.45, 7) is 27.1. The first-order valence-electron chi connectivity index (χ1n) is 8.79. The fourth-order valence-corrected chi connectivity index (χ4v) is 2.62. The van der Waals surface area contributed by atoms with Crippen LogP contribution in [-0.2, 0) is 5.41 Å². The van der Waals surface area contributed by atoms with Crippen molar-refractivity contribution in [3.63, 3.8) is 0 Å². The summed E-state index contributed by atoms with van der Waals surface area (Å²) in [6.07, 6.45) is 0. The summed E-state index contributed by atoms with van der Waals surface area (Å²) in [6, 6.07) is 4.74. The maximum Gasteiger partial charge on any atom is -0.0126 e. The first-order valence-corrected chi connectivity index (χ1v) is 8.79. The van der Waals surface area contributed by atoms with E-state index < -0.39 is 0 Å². The molecule has 0 saturated heterocycles. The molecule has 0 heterocycles. The second kappa shape index (κ2) is 10.3. The van der Waals surface area contributed by atoms with E-state index in [0.29, 0.717) is 17.3 Å². The molecule has 0 amide bonds. The van der Waals surface area contributed by atoms with Crippen molar-refractivity contribution in [3.05, 3.63) is 34.4 Å². The van der Waals surface area contributed by atoms with Gasteiger partial charge in [0.15, 0.2) is 0 Å². The van der Waals surface area contributed by atoms with Crippen molar-refractivity contribution in [1.82, 2.24) is 0 Å². The van der Waals surface area contributed by atoms with Gasteiger partial charge in [-0.05, 0) is 46.3 Å². The largest absolute Gasteiger partial charge is 0.0776 e. The van der Waals surface area contributed by atoms with Crippen molar-refractivity contribution in [3.8, 4) is 0 Å². The second-order valence-corrected chi connectivity index (χ2v) is 9.88. The van der Waals surface area contributed by atoms with Crippen LogP contribution in [0.3, 0.4) is 0 Å². The quantitative estimate of drug-likeness (QED) is 0.506. The van der Waals surface area contributed by atoms with E-state index in [-0.39, 0.29) is 20.3 Å². The SMILES string of the molecule is C.C.CC(C)(C)C.Cc1cc(C(C)C)c(C(C)(C)C)c(C(C)C)c1. The zero-order valence-electron chi connectivity index (χ0n) is 17.3. The van der Waals surface area contributed by atoms with Gasteiger partial charge in [-0.1, -0.05) is 109 Å². The lowest BCUT2D eigenvalue weighted by Gasteiger charge is -2.30. The van der Waals surface area contributed by atoms with Gasteiger partial charge in [0.25, 0.3) is 0 Å². The summed E-state index contributed by atoms with van der Waals surface area (Å²) in [7, 11) is 0. The maximum atomic E-state index is 2.37. The number of hydrogen-bond donors (Lipinski definition) is 0. The predicted octanol–water partition coefficient (Wildman–Crippen LogP) is 8.86. The molecule has 144 valence electrons. The van der Waals surface area contributed by atoms with Crippen LogP contribution in [0.4, 0.5) is 0 Å². The van der Waals surface area contributed by atoms with Crippen molar-refractivity contribution in [2.45, 2.75) is 115 Å². The summed E-state index contributed by atoms with van der Waals surface area (Å²) < 4.78 is 0. The fraction of sp³-hybridized carbons (Fsp3) is 0.750. The average Bonchev–Trinajstić information content (AvgIpc) is 2.23. The van der Waals surface area contributed by atoms with Gasteiger partial charge in [-0.15, -0.1) is 0 Å². The van der Waals surface area contributed by atoms with E-state index >= 15 is 0 Å². The van der Waals surface area contributed by atoms with E-state index in [0.717, 1.165) is 0 Å². The molecular weight excluding hydrogens is 288 g/mol. The lowest BCUT2D eigenvalue weighted by molar-refractivity contribution is 0.469. The number of aryl methyl sites for hydroxylation is 1. The highest BCUT2D eigenvalue weighted by molar-refractivity contribution is 5.46. The van der Waals surface area contributed by atoms with E-state index in [1.54, 1.807) is 5.56 Å². The molecule has 0 fully saturated rings. The number of hydrogen-bond acceptors (Lipinski definition) is 0. The van der Waals surface area contributed by atoms with Gasteiger partial charge in [0.05, 0.1) is 0 Å². The Morgan fingerprint density at radius 3 is 1.08 bits per heavy atom. The lowest BCUT2D eigenvalue weighted by Crippen LogP contribution is -2.19. The normalized spacial score (nSPS) is 11.4. The molecule has 0 spiro atoms. The van der Waals surface area contributed by atoms with Crippen LogP contribution < -0.4 is 0 Å². The van der Waals surface area contributed by atoms with Crippen molar-refractivity contribution < 1.29 is 0 Å². The van der Waals surface area contributed by atoms with Crippen LogP contribution in [-0.4, -0.2) is 0 Å². The number of rotatable bonds is 2. The van der Waals surface area contributed by atoms with Crippen LogP contribution in [0.15, 0.2) is 12.1 Å². The van der Waals surface area contributed by atoms with Crippen LogP contribution in [0.25, 0.3) is 0 Å². The highest BCUT2D eigenvalue weighted by Gasteiger charge is 2.24. The summed E-state index contributed by atoms with van der Waals surface area (Å²) in [5.41, 5.74) is 6.74. The van der Waals surface area contributed by atoms with Crippen molar-refractivity contribution in [2.24, 2.45) is 5.41 Å². The summed E-state index contributed by atoms with van der Waals surface area (Å²) in [4.78, 5) is 0. The monoisotopic (exact) mass is 336 g/mol. The molecule has 0 saturated carbocycles. The molecule has 1 aromatic rings. The smallest absolute Gasteiger partial charge is 0.0126 e. The van der Waals surface area contributed by atoms with Crippen LogP contribution in [0, 0.1) is 12.3 Å². The summed E-state index contributed by atoms with van der Waals surface area (Å²) in [5.74, 6) is 1.20. The Kier molecular flexibility index (Phi) is 12.0. The molecule has 0 bridgehead atoms. The van der Waals surface area contributed by atoms with Gasteiger partial charge < -0.3 is 0 Å².